The molecule has 0 bridgehead atoms. The van der Waals surface area contributed by atoms with Gasteiger partial charge in [-0.05, 0) is 36.5 Å². The topological polar surface area (TPSA) is 27.7 Å². The van der Waals surface area contributed by atoms with Crippen molar-refractivity contribution in [2.24, 2.45) is 0 Å². The Kier molecular flexibility index (Phi) is 7.27. The molecule has 0 aromatic carbocycles. The Morgan fingerprint density at radius 3 is 2.67 bits per heavy atom. The third-order valence-corrected chi connectivity index (χ3v) is 4.49. The molecular formula is C14H25IO3. The summed E-state index contributed by atoms with van der Waals surface area (Å²) in [5.41, 5.74) is 0. The maximum atomic E-state index is 5.97. The highest BCUT2D eigenvalue weighted by Gasteiger charge is 2.34. The van der Waals surface area contributed by atoms with Crippen LogP contribution in [0.15, 0.2) is 0 Å². The van der Waals surface area contributed by atoms with Crippen LogP contribution in [0.25, 0.3) is 0 Å². The van der Waals surface area contributed by atoms with Crippen molar-refractivity contribution < 1.29 is 14.2 Å². The maximum Gasteiger partial charge on any atom is 0.158 e. The van der Waals surface area contributed by atoms with Crippen LogP contribution in [0.4, 0.5) is 0 Å². The van der Waals surface area contributed by atoms with Gasteiger partial charge in [0, 0.05) is 6.61 Å². The normalized spacial score (nSPS) is 32.2. The van der Waals surface area contributed by atoms with Crippen LogP contribution >= 0.6 is 22.6 Å². The van der Waals surface area contributed by atoms with E-state index in [1.165, 1.54) is 36.5 Å². The summed E-state index contributed by atoms with van der Waals surface area (Å²) < 4.78 is 18.6. The quantitative estimate of drug-likeness (QED) is 0.390. The molecule has 18 heavy (non-hydrogen) atoms. The number of hydrogen-bond donors (Lipinski definition) is 0. The first-order valence-electron chi connectivity index (χ1n) is 7.35. The lowest BCUT2D eigenvalue weighted by Crippen LogP contribution is -2.47. The fourth-order valence-corrected chi connectivity index (χ4v) is 3.19. The fourth-order valence-electron chi connectivity index (χ4n) is 2.65. The lowest BCUT2D eigenvalue weighted by atomic mass is 10.0. The van der Waals surface area contributed by atoms with E-state index < -0.39 is 0 Å². The molecule has 0 radical (unpaired) electrons. The van der Waals surface area contributed by atoms with Gasteiger partial charge in [-0.25, -0.2) is 0 Å². The molecular weight excluding hydrogens is 343 g/mol. The highest BCUT2D eigenvalue weighted by molar-refractivity contribution is 14.1. The zero-order valence-corrected chi connectivity index (χ0v) is 13.3. The molecule has 2 heterocycles. The van der Waals surface area contributed by atoms with Crippen LogP contribution < -0.4 is 0 Å². The van der Waals surface area contributed by atoms with Crippen molar-refractivity contribution in [3.63, 3.8) is 0 Å². The molecule has 0 aromatic heterocycles. The first-order chi connectivity index (χ1) is 8.90. The summed E-state index contributed by atoms with van der Waals surface area (Å²) >= 11 is 2.45. The lowest BCUT2D eigenvalue weighted by molar-refractivity contribution is -0.274. The third kappa shape index (κ3) is 4.94. The van der Waals surface area contributed by atoms with Gasteiger partial charge in [0.05, 0.1) is 12.7 Å². The van der Waals surface area contributed by atoms with Gasteiger partial charge in [0.15, 0.2) is 6.29 Å². The zero-order chi connectivity index (χ0) is 12.6. The molecule has 4 heteroatoms. The van der Waals surface area contributed by atoms with Gasteiger partial charge in [-0.2, -0.15) is 0 Å². The predicted molar refractivity (Wildman–Crippen MR) is 80.2 cm³/mol. The number of fused-ring (bicyclic) bond motifs is 1. The van der Waals surface area contributed by atoms with Gasteiger partial charge in [-0.1, -0.05) is 41.9 Å². The Hall–Kier alpha value is 0.610. The van der Waals surface area contributed by atoms with Gasteiger partial charge in [-0.15, -0.1) is 0 Å². The second-order valence-electron chi connectivity index (χ2n) is 5.23. The smallest absolute Gasteiger partial charge is 0.158 e. The molecule has 2 saturated heterocycles. The van der Waals surface area contributed by atoms with Crippen LogP contribution in [0, 0.1) is 0 Å². The van der Waals surface area contributed by atoms with E-state index in [0.717, 1.165) is 32.5 Å². The van der Waals surface area contributed by atoms with Crippen LogP contribution in [0.1, 0.15) is 51.4 Å². The SMILES string of the molecule is ICCCCCCC[C@@H]1OC[C@H]2OCCC[C@@H]2O1. The molecule has 0 amide bonds. The second-order valence-corrected chi connectivity index (χ2v) is 6.31. The molecule has 3 nitrogen and oxygen atoms in total. The average molecular weight is 368 g/mol. The van der Waals surface area contributed by atoms with Crippen molar-refractivity contribution in [1.29, 1.82) is 0 Å². The molecule has 2 aliphatic heterocycles. The second kappa shape index (κ2) is 8.72. The summed E-state index contributed by atoms with van der Waals surface area (Å²) in [6.45, 7) is 1.60. The van der Waals surface area contributed by atoms with E-state index in [4.69, 9.17) is 14.2 Å². The van der Waals surface area contributed by atoms with Gasteiger partial charge < -0.3 is 14.2 Å². The third-order valence-electron chi connectivity index (χ3n) is 3.73. The Labute approximate surface area is 124 Å². The van der Waals surface area contributed by atoms with Crippen LogP contribution in [0.3, 0.4) is 0 Å². The molecule has 3 atom stereocenters. The number of rotatable bonds is 7. The number of hydrogen-bond acceptors (Lipinski definition) is 3. The molecule has 2 fully saturated rings. The van der Waals surface area contributed by atoms with Gasteiger partial charge in [0.25, 0.3) is 0 Å². The Morgan fingerprint density at radius 2 is 1.78 bits per heavy atom. The monoisotopic (exact) mass is 368 g/mol. The van der Waals surface area contributed by atoms with Crippen molar-refractivity contribution in [2.45, 2.75) is 69.9 Å². The standard InChI is InChI=1S/C14H25IO3/c15-9-5-3-1-2-4-8-14-17-11-13-12(18-14)7-6-10-16-13/h12-14H,1-11H2/t12-,13+,14+/m0/s1. The number of alkyl halides is 1. The van der Waals surface area contributed by atoms with Crippen LogP contribution in [-0.2, 0) is 14.2 Å². The van der Waals surface area contributed by atoms with Crippen molar-refractivity contribution in [3.05, 3.63) is 0 Å². The highest BCUT2D eigenvalue weighted by Crippen LogP contribution is 2.26. The molecule has 0 aliphatic carbocycles. The molecule has 0 unspecified atom stereocenters. The van der Waals surface area contributed by atoms with Crippen LogP contribution in [-0.4, -0.2) is 36.1 Å². The van der Waals surface area contributed by atoms with Crippen molar-refractivity contribution in [1.82, 2.24) is 0 Å². The summed E-state index contributed by atoms with van der Waals surface area (Å²) in [6.07, 6.45) is 10.4. The van der Waals surface area contributed by atoms with Crippen molar-refractivity contribution in [2.75, 3.05) is 17.6 Å². The summed E-state index contributed by atoms with van der Waals surface area (Å²) in [4.78, 5) is 0. The van der Waals surface area contributed by atoms with E-state index in [9.17, 15) is 0 Å². The van der Waals surface area contributed by atoms with Gasteiger partial charge >= 0.3 is 0 Å². The van der Waals surface area contributed by atoms with E-state index in [2.05, 4.69) is 22.6 Å². The van der Waals surface area contributed by atoms with E-state index in [1.807, 2.05) is 0 Å². The molecule has 2 rings (SSSR count). The summed E-state index contributed by atoms with van der Waals surface area (Å²) in [5.74, 6) is 0. The Bertz CT molecular complexity index is 225. The molecule has 0 aromatic rings. The minimum Gasteiger partial charge on any atom is -0.373 e. The van der Waals surface area contributed by atoms with Gasteiger partial charge in [0.2, 0.25) is 0 Å². The lowest BCUT2D eigenvalue weighted by Gasteiger charge is -2.39. The summed E-state index contributed by atoms with van der Waals surface area (Å²) in [7, 11) is 0. The Balaban J connectivity index is 1.54. The summed E-state index contributed by atoms with van der Waals surface area (Å²) in [6, 6.07) is 0. The highest BCUT2D eigenvalue weighted by atomic mass is 127. The molecule has 2 aliphatic rings. The van der Waals surface area contributed by atoms with Crippen molar-refractivity contribution >= 4 is 22.6 Å². The van der Waals surface area contributed by atoms with Gasteiger partial charge in [-0.3, -0.25) is 0 Å². The maximum absolute atomic E-state index is 5.97. The first kappa shape index (κ1) is 15.0. The van der Waals surface area contributed by atoms with Gasteiger partial charge in [0.1, 0.15) is 6.10 Å². The largest absolute Gasteiger partial charge is 0.373 e. The van der Waals surface area contributed by atoms with E-state index >= 15 is 0 Å². The molecule has 0 saturated carbocycles. The fraction of sp³-hybridized carbons (Fsp3) is 1.00. The number of halogens is 1. The minimum absolute atomic E-state index is 0.0255. The van der Waals surface area contributed by atoms with Crippen LogP contribution in [0.5, 0.6) is 0 Å². The molecule has 0 N–H and O–H groups in total. The zero-order valence-electron chi connectivity index (χ0n) is 11.1. The predicted octanol–water partition coefficient (Wildman–Crippen LogP) is 3.68. The molecule has 106 valence electrons. The van der Waals surface area contributed by atoms with E-state index in [1.54, 1.807) is 0 Å². The Morgan fingerprint density at radius 1 is 0.944 bits per heavy atom. The molecule has 0 spiro atoms. The van der Waals surface area contributed by atoms with Crippen LogP contribution in [0.2, 0.25) is 0 Å². The van der Waals surface area contributed by atoms with Crippen molar-refractivity contribution in [3.8, 4) is 0 Å². The number of unbranched alkanes of at least 4 members (excludes halogenated alkanes) is 4. The minimum atomic E-state index is 0.0255. The average Bonchev–Trinajstić information content (AvgIpc) is 2.42. The van der Waals surface area contributed by atoms with E-state index in [0.29, 0.717) is 0 Å². The number of ether oxygens (including phenoxy) is 3. The first-order valence-corrected chi connectivity index (χ1v) is 8.87. The summed E-state index contributed by atoms with van der Waals surface area (Å²) in [5, 5.41) is 0. The van der Waals surface area contributed by atoms with E-state index in [-0.39, 0.29) is 18.5 Å².